The van der Waals surface area contributed by atoms with Gasteiger partial charge in [-0.2, -0.15) is 0 Å². The van der Waals surface area contributed by atoms with Crippen molar-refractivity contribution >= 4 is 6.21 Å². The van der Waals surface area contributed by atoms with E-state index < -0.39 is 0 Å². The number of aliphatic imine (C=N–C) groups is 1. The van der Waals surface area contributed by atoms with E-state index >= 15 is 0 Å². The van der Waals surface area contributed by atoms with Crippen molar-refractivity contribution in [2.45, 2.75) is 13.8 Å². The molecule has 0 aliphatic rings. The fourth-order valence-electron chi connectivity index (χ4n) is 0.973. The highest BCUT2D eigenvalue weighted by Crippen LogP contribution is 2.00. The van der Waals surface area contributed by atoms with E-state index in [2.05, 4.69) is 25.8 Å². The Hall–Kier alpha value is -1.11. The number of nitrogens with zero attached hydrogens (tertiary/aromatic N) is 1. The van der Waals surface area contributed by atoms with Crippen molar-refractivity contribution < 1.29 is 0 Å². The maximum Gasteiger partial charge on any atom is 0.0412 e. The van der Waals surface area contributed by atoms with Gasteiger partial charge in [-0.3, -0.25) is 4.99 Å². The van der Waals surface area contributed by atoms with E-state index in [-0.39, 0.29) is 0 Å². The average Bonchev–Trinajstić information content (AvgIpc) is 2.08. The van der Waals surface area contributed by atoms with E-state index in [0.717, 1.165) is 17.7 Å². The van der Waals surface area contributed by atoms with Gasteiger partial charge in [-0.1, -0.05) is 38.1 Å². The van der Waals surface area contributed by atoms with Crippen molar-refractivity contribution in [2.24, 2.45) is 10.9 Å². The maximum atomic E-state index is 4.33. The lowest BCUT2D eigenvalue weighted by molar-refractivity contribution is 0.667. The molecule has 0 heterocycles. The molecular weight excluding hydrogens is 158 g/mol. The van der Waals surface area contributed by atoms with Gasteiger partial charge in [0.15, 0.2) is 0 Å². The molecule has 1 aromatic rings. The Labute approximate surface area is 80.5 Å². The van der Waals surface area contributed by atoms with Crippen LogP contribution in [0, 0.1) is 12.8 Å². The highest BCUT2D eigenvalue weighted by molar-refractivity contribution is 5.79. The van der Waals surface area contributed by atoms with Crippen LogP contribution >= 0.6 is 0 Å². The van der Waals surface area contributed by atoms with Gasteiger partial charge in [0.2, 0.25) is 0 Å². The molecule has 69 valence electrons. The van der Waals surface area contributed by atoms with Crippen LogP contribution in [0.15, 0.2) is 29.3 Å². The second-order valence-electron chi connectivity index (χ2n) is 3.63. The van der Waals surface area contributed by atoms with Crippen LogP contribution < -0.4 is 0 Å². The van der Waals surface area contributed by atoms with Crippen LogP contribution in [0.1, 0.15) is 25.0 Å². The second-order valence-corrected chi connectivity index (χ2v) is 3.63. The zero-order valence-corrected chi connectivity index (χ0v) is 8.33. The summed E-state index contributed by atoms with van der Waals surface area (Å²) in [5, 5.41) is 0. The zero-order valence-electron chi connectivity index (χ0n) is 8.33. The fraction of sp³-hybridized carbons (Fsp3) is 0.333. The molecule has 13 heavy (non-hydrogen) atoms. The summed E-state index contributed by atoms with van der Waals surface area (Å²) in [5.74, 6) is 0.628. The van der Waals surface area contributed by atoms with Crippen molar-refractivity contribution in [1.82, 2.24) is 0 Å². The van der Waals surface area contributed by atoms with Crippen LogP contribution in [0.2, 0.25) is 0 Å². The lowest BCUT2D eigenvalue weighted by atomic mass is 10.2. The quantitative estimate of drug-likeness (QED) is 0.625. The van der Waals surface area contributed by atoms with Crippen molar-refractivity contribution in [1.29, 1.82) is 0 Å². The molecule has 1 rings (SSSR count). The summed E-state index contributed by atoms with van der Waals surface area (Å²) in [6.45, 7) is 9.05. The summed E-state index contributed by atoms with van der Waals surface area (Å²) in [7, 11) is 0. The molecule has 0 bridgehead atoms. The maximum absolute atomic E-state index is 4.33. The molecule has 0 unspecified atom stereocenters. The summed E-state index contributed by atoms with van der Waals surface area (Å²) in [6.07, 6.45) is 1.92. The van der Waals surface area contributed by atoms with E-state index in [0.29, 0.717) is 5.92 Å². The minimum Gasteiger partial charge on any atom is -0.292 e. The number of rotatable bonds is 3. The monoisotopic (exact) mass is 174 g/mol. The number of hydrogen-bond donors (Lipinski definition) is 0. The van der Waals surface area contributed by atoms with Gasteiger partial charge in [0.1, 0.15) is 0 Å². The highest BCUT2D eigenvalue weighted by Gasteiger charge is 1.89. The van der Waals surface area contributed by atoms with Gasteiger partial charge in [0.05, 0.1) is 0 Å². The molecule has 0 aliphatic heterocycles. The SMILES string of the molecule is [CH2]c1ccc(/C=N/CC(C)C)cc1. The minimum absolute atomic E-state index is 0.628. The molecule has 1 aromatic carbocycles. The van der Waals surface area contributed by atoms with Crippen LogP contribution in [0.5, 0.6) is 0 Å². The molecule has 0 atom stereocenters. The molecule has 0 spiro atoms. The van der Waals surface area contributed by atoms with Crippen molar-refractivity contribution in [3.8, 4) is 0 Å². The van der Waals surface area contributed by atoms with Gasteiger partial charge >= 0.3 is 0 Å². The Morgan fingerprint density at radius 1 is 1.31 bits per heavy atom. The molecule has 0 fully saturated rings. The van der Waals surface area contributed by atoms with E-state index in [9.17, 15) is 0 Å². The standard InChI is InChI=1S/C12H16N/c1-10(2)8-13-9-12-6-4-11(3)5-7-12/h4-7,9-10H,3,8H2,1-2H3/b13-9+. The van der Waals surface area contributed by atoms with Crippen molar-refractivity contribution in [3.05, 3.63) is 42.3 Å². The first-order valence-corrected chi connectivity index (χ1v) is 4.60. The summed E-state index contributed by atoms with van der Waals surface area (Å²) < 4.78 is 0. The smallest absolute Gasteiger partial charge is 0.0412 e. The fourth-order valence-corrected chi connectivity index (χ4v) is 0.973. The predicted molar refractivity (Wildman–Crippen MR) is 58.2 cm³/mol. The average molecular weight is 174 g/mol. The summed E-state index contributed by atoms with van der Waals surface area (Å²) >= 11 is 0. The highest BCUT2D eigenvalue weighted by atomic mass is 14.7. The normalized spacial score (nSPS) is 11.4. The van der Waals surface area contributed by atoms with Crippen LogP contribution in [0.25, 0.3) is 0 Å². The largest absolute Gasteiger partial charge is 0.292 e. The molecule has 1 radical (unpaired) electrons. The Morgan fingerprint density at radius 3 is 2.46 bits per heavy atom. The van der Waals surface area contributed by atoms with Gasteiger partial charge in [-0.15, -0.1) is 0 Å². The third-order valence-electron chi connectivity index (χ3n) is 1.69. The molecule has 0 saturated heterocycles. The topological polar surface area (TPSA) is 12.4 Å². The summed E-state index contributed by atoms with van der Waals surface area (Å²) in [4.78, 5) is 4.33. The second kappa shape index (κ2) is 4.80. The van der Waals surface area contributed by atoms with E-state index in [1.165, 1.54) is 0 Å². The van der Waals surface area contributed by atoms with Crippen LogP contribution in [0.3, 0.4) is 0 Å². The molecule has 1 nitrogen and oxygen atoms in total. The van der Waals surface area contributed by atoms with Crippen molar-refractivity contribution in [3.63, 3.8) is 0 Å². The molecule has 0 amide bonds. The molecule has 0 N–H and O–H groups in total. The van der Waals surface area contributed by atoms with E-state index in [4.69, 9.17) is 0 Å². The molecule has 0 saturated carbocycles. The molecular formula is C12H16N. The Kier molecular flexibility index (Phi) is 3.69. The van der Waals surface area contributed by atoms with Gasteiger partial charge in [0, 0.05) is 12.8 Å². The first-order chi connectivity index (χ1) is 6.18. The van der Waals surface area contributed by atoms with Crippen LogP contribution in [0.4, 0.5) is 0 Å². The Morgan fingerprint density at radius 2 is 1.92 bits per heavy atom. The van der Waals surface area contributed by atoms with Crippen LogP contribution in [-0.4, -0.2) is 12.8 Å². The van der Waals surface area contributed by atoms with E-state index in [1.807, 2.05) is 30.5 Å². The zero-order chi connectivity index (χ0) is 9.68. The first kappa shape index (κ1) is 9.97. The lowest BCUT2D eigenvalue weighted by Gasteiger charge is -1.97. The van der Waals surface area contributed by atoms with Crippen LogP contribution in [-0.2, 0) is 0 Å². The lowest BCUT2D eigenvalue weighted by Crippen LogP contribution is -1.92. The number of hydrogen-bond acceptors (Lipinski definition) is 1. The third kappa shape index (κ3) is 3.88. The molecule has 1 heteroatoms. The van der Waals surface area contributed by atoms with Gasteiger partial charge < -0.3 is 0 Å². The minimum atomic E-state index is 0.628. The van der Waals surface area contributed by atoms with Gasteiger partial charge in [-0.05, 0) is 24.0 Å². The predicted octanol–water partition coefficient (Wildman–Crippen LogP) is 2.94. The van der Waals surface area contributed by atoms with Gasteiger partial charge in [-0.25, -0.2) is 0 Å². The van der Waals surface area contributed by atoms with E-state index in [1.54, 1.807) is 0 Å². The van der Waals surface area contributed by atoms with Crippen molar-refractivity contribution in [2.75, 3.05) is 6.54 Å². The summed E-state index contributed by atoms with van der Waals surface area (Å²) in [6, 6.07) is 8.06. The number of benzene rings is 1. The third-order valence-corrected chi connectivity index (χ3v) is 1.69. The Bertz CT molecular complexity index is 270. The summed E-state index contributed by atoms with van der Waals surface area (Å²) in [5.41, 5.74) is 2.19. The molecule has 0 aliphatic carbocycles. The first-order valence-electron chi connectivity index (χ1n) is 4.60. The molecule has 0 aromatic heterocycles. The Balaban J connectivity index is 2.54. The van der Waals surface area contributed by atoms with Gasteiger partial charge in [0.25, 0.3) is 0 Å².